The summed E-state index contributed by atoms with van der Waals surface area (Å²) in [5, 5.41) is 3.37. The summed E-state index contributed by atoms with van der Waals surface area (Å²) in [6, 6.07) is 6.97. The molecule has 0 spiro atoms. The van der Waals surface area contributed by atoms with Gasteiger partial charge >= 0.3 is 5.97 Å². The Bertz CT molecular complexity index is 538. The van der Waals surface area contributed by atoms with Crippen LogP contribution in [-0.2, 0) is 14.3 Å². The normalized spacial score (nSPS) is 11.2. The molecule has 0 atom stereocenters. The lowest BCUT2D eigenvalue weighted by Gasteiger charge is -2.10. The highest BCUT2D eigenvalue weighted by Crippen LogP contribution is 2.14. The van der Waals surface area contributed by atoms with Crippen LogP contribution in [0.15, 0.2) is 30.0 Å². The molecular weight excluding hydrogens is 314 g/mol. The molecular formula is C18H24ClNO3. The topological polar surface area (TPSA) is 55.4 Å². The van der Waals surface area contributed by atoms with Crippen molar-refractivity contribution in [1.29, 1.82) is 0 Å². The summed E-state index contributed by atoms with van der Waals surface area (Å²) in [5.41, 5.74) is 0.748. The number of carbonyl (C=O) groups is 2. The van der Waals surface area contributed by atoms with E-state index < -0.39 is 5.97 Å². The molecule has 0 saturated heterocycles. The van der Waals surface area contributed by atoms with Gasteiger partial charge in [0.2, 0.25) is 0 Å². The van der Waals surface area contributed by atoms with E-state index in [1.54, 1.807) is 30.3 Å². The second-order valence-electron chi connectivity index (χ2n) is 5.25. The molecule has 5 heteroatoms. The van der Waals surface area contributed by atoms with Crippen LogP contribution in [0.3, 0.4) is 0 Å². The Morgan fingerprint density at radius 3 is 2.39 bits per heavy atom. The minimum absolute atomic E-state index is 0.0181. The predicted molar refractivity (Wildman–Crippen MR) is 93.0 cm³/mol. The maximum Gasteiger partial charge on any atom is 0.311 e. The van der Waals surface area contributed by atoms with Crippen LogP contribution in [0.1, 0.15) is 51.5 Å². The Hall–Kier alpha value is -1.81. The molecule has 23 heavy (non-hydrogen) atoms. The first-order valence-corrected chi connectivity index (χ1v) is 8.40. The first-order chi connectivity index (χ1) is 11.1. The SMILES string of the molecule is CCCCNC(=O)/C(=C/c1ccc(Cl)cc1)OC(=O)CCCC. The van der Waals surface area contributed by atoms with E-state index in [0.29, 0.717) is 18.0 Å². The molecule has 1 N–H and O–H groups in total. The van der Waals surface area contributed by atoms with Gasteiger partial charge in [-0.05, 0) is 36.6 Å². The molecule has 0 bridgehead atoms. The minimum atomic E-state index is -0.391. The smallest absolute Gasteiger partial charge is 0.311 e. The summed E-state index contributed by atoms with van der Waals surface area (Å²) < 4.78 is 5.26. The van der Waals surface area contributed by atoms with Crippen LogP contribution in [0.4, 0.5) is 0 Å². The second kappa shape index (κ2) is 10.8. The van der Waals surface area contributed by atoms with Gasteiger partial charge in [-0.15, -0.1) is 0 Å². The molecule has 0 saturated carbocycles. The van der Waals surface area contributed by atoms with E-state index in [-0.39, 0.29) is 11.7 Å². The number of hydrogen-bond acceptors (Lipinski definition) is 3. The van der Waals surface area contributed by atoms with Crippen molar-refractivity contribution in [2.45, 2.75) is 46.0 Å². The van der Waals surface area contributed by atoms with Gasteiger partial charge in [0.25, 0.3) is 5.91 Å². The molecule has 0 heterocycles. The molecule has 0 aliphatic heterocycles. The van der Waals surface area contributed by atoms with Crippen LogP contribution in [0.2, 0.25) is 5.02 Å². The van der Waals surface area contributed by atoms with Crippen molar-refractivity contribution in [3.63, 3.8) is 0 Å². The van der Waals surface area contributed by atoms with Crippen LogP contribution < -0.4 is 5.32 Å². The van der Waals surface area contributed by atoms with E-state index in [0.717, 1.165) is 31.2 Å². The predicted octanol–water partition coefficient (Wildman–Crippen LogP) is 4.33. The molecule has 0 aliphatic carbocycles. The van der Waals surface area contributed by atoms with Gasteiger partial charge in [0.1, 0.15) is 0 Å². The highest BCUT2D eigenvalue weighted by Gasteiger charge is 2.15. The molecule has 1 aromatic carbocycles. The van der Waals surface area contributed by atoms with Gasteiger partial charge in [0.05, 0.1) is 0 Å². The number of amides is 1. The zero-order valence-corrected chi connectivity index (χ0v) is 14.5. The standard InChI is InChI=1S/C18H24ClNO3/c1-3-5-7-17(21)23-16(18(22)20-12-6-4-2)13-14-8-10-15(19)11-9-14/h8-11,13H,3-7,12H2,1-2H3,(H,20,22)/b16-13-. The van der Waals surface area contributed by atoms with E-state index in [1.807, 2.05) is 13.8 Å². The number of unbranched alkanes of at least 4 members (excludes halogenated alkanes) is 2. The number of esters is 1. The van der Waals surface area contributed by atoms with Crippen molar-refractivity contribution in [2.75, 3.05) is 6.54 Å². The number of carbonyl (C=O) groups excluding carboxylic acids is 2. The summed E-state index contributed by atoms with van der Waals surface area (Å²) in [7, 11) is 0. The van der Waals surface area contributed by atoms with E-state index in [4.69, 9.17) is 16.3 Å². The molecule has 1 rings (SSSR count). The largest absolute Gasteiger partial charge is 0.421 e. The van der Waals surface area contributed by atoms with Gasteiger partial charge in [0, 0.05) is 18.0 Å². The molecule has 1 aromatic rings. The van der Waals surface area contributed by atoms with Crippen LogP contribution in [0.25, 0.3) is 6.08 Å². The van der Waals surface area contributed by atoms with E-state index in [1.165, 1.54) is 0 Å². The average molecular weight is 338 g/mol. The molecule has 0 unspecified atom stereocenters. The maximum absolute atomic E-state index is 12.2. The zero-order chi connectivity index (χ0) is 17.1. The first-order valence-electron chi connectivity index (χ1n) is 8.03. The van der Waals surface area contributed by atoms with E-state index >= 15 is 0 Å². The van der Waals surface area contributed by atoms with E-state index in [2.05, 4.69) is 5.32 Å². The third-order valence-electron chi connectivity index (χ3n) is 3.17. The van der Waals surface area contributed by atoms with E-state index in [9.17, 15) is 9.59 Å². The van der Waals surface area contributed by atoms with Gasteiger partial charge < -0.3 is 10.1 Å². The zero-order valence-electron chi connectivity index (χ0n) is 13.7. The summed E-state index contributed by atoms with van der Waals surface area (Å²) in [5.74, 6) is -0.750. The van der Waals surface area contributed by atoms with Gasteiger partial charge in [-0.2, -0.15) is 0 Å². The lowest BCUT2D eigenvalue weighted by molar-refractivity contribution is -0.142. The van der Waals surface area contributed by atoms with Crippen LogP contribution in [0, 0.1) is 0 Å². The molecule has 0 fully saturated rings. The van der Waals surface area contributed by atoms with Crippen LogP contribution in [-0.4, -0.2) is 18.4 Å². The minimum Gasteiger partial charge on any atom is -0.421 e. The van der Waals surface area contributed by atoms with Gasteiger partial charge in [-0.25, -0.2) is 0 Å². The summed E-state index contributed by atoms with van der Waals surface area (Å²) in [6.07, 6.45) is 5.35. The number of hydrogen-bond donors (Lipinski definition) is 1. The maximum atomic E-state index is 12.2. The molecule has 126 valence electrons. The van der Waals surface area contributed by atoms with Gasteiger partial charge in [-0.1, -0.05) is 50.4 Å². The quantitative estimate of drug-likeness (QED) is 0.316. The second-order valence-corrected chi connectivity index (χ2v) is 5.68. The average Bonchev–Trinajstić information content (AvgIpc) is 2.54. The van der Waals surface area contributed by atoms with Crippen molar-refractivity contribution in [2.24, 2.45) is 0 Å². The Morgan fingerprint density at radius 2 is 1.78 bits per heavy atom. The highest BCUT2D eigenvalue weighted by atomic mass is 35.5. The molecule has 0 aromatic heterocycles. The fourth-order valence-electron chi connectivity index (χ4n) is 1.81. The summed E-state index contributed by atoms with van der Waals surface area (Å²) >= 11 is 5.85. The Morgan fingerprint density at radius 1 is 1.13 bits per heavy atom. The lowest BCUT2D eigenvalue weighted by Crippen LogP contribution is -2.28. The van der Waals surface area contributed by atoms with Crippen molar-refractivity contribution in [3.8, 4) is 0 Å². The summed E-state index contributed by atoms with van der Waals surface area (Å²) in [4.78, 5) is 24.0. The fourth-order valence-corrected chi connectivity index (χ4v) is 1.94. The van der Waals surface area contributed by atoms with Crippen molar-refractivity contribution in [3.05, 3.63) is 40.6 Å². The van der Waals surface area contributed by atoms with Crippen molar-refractivity contribution >= 4 is 29.6 Å². The molecule has 0 radical (unpaired) electrons. The number of rotatable bonds is 9. The van der Waals surface area contributed by atoms with Gasteiger partial charge in [-0.3, -0.25) is 9.59 Å². The first kappa shape index (κ1) is 19.2. The monoisotopic (exact) mass is 337 g/mol. The number of nitrogens with one attached hydrogen (secondary N) is 1. The molecule has 4 nitrogen and oxygen atoms in total. The third kappa shape index (κ3) is 7.84. The fraction of sp³-hybridized carbons (Fsp3) is 0.444. The molecule has 1 amide bonds. The number of ether oxygens (including phenoxy) is 1. The summed E-state index contributed by atoms with van der Waals surface area (Å²) in [6.45, 7) is 4.59. The van der Waals surface area contributed by atoms with Crippen molar-refractivity contribution in [1.82, 2.24) is 5.32 Å². The van der Waals surface area contributed by atoms with Crippen LogP contribution >= 0.6 is 11.6 Å². The number of benzene rings is 1. The number of halogens is 1. The highest BCUT2D eigenvalue weighted by molar-refractivity contribution is 6.30. The lowest BCUT2D eigenvalue weighted by atomic mass is 10.2. The van der Waals surface area contributed by atoms with Crippen LogP contribution in [0.5, 0.6) is 0 Å². The van der Waals surface area contributed by atoms with Crippen molar-refractivity contribution < 1.29 is 14.3 Å². The third-order valence-corrected chi connectivity index (χ3v) is 3.42. The molecule has 0 aliphatic rings. The Kier molecular flexibility index (Phi) is 9.07. The van der Waals surface area contributed by atoms with Gasteiger partial charge in [0.15, 0.2) is 5.76 Å². The Labute approximate surface area is 142 Å². The Balaban J connectivity index is 2.84.